The standard InChI is InChI=1S/C20H18N6OS2/c27-19(17-12-21-26(23-17)16-4-2-1-3-5-16)24-7-9-25(10-8-24)20-22-18(14-29-20)15-6-11-28-13-15/h1-6,11-14H,7-10H2. The molecule has 7 nitrogen and oxygen atoms in total. The first-order chi connectivity index (χ1) is 14.3. The molecule has 0 atom stereocenters. The lowest BCUT2D eigenvalue weighted by Crippen LogP contribution is -2.48. The molecule has 0 bridgehead atoms. The van der Waals surface area contributed by atoms with Gasteiger partial charge in [-0.05, 0) is 23.6 Å². The van der Waals surface area contributed by atoms with Gasteiger partial charge in [-0.25, -0.2) is 4.98 Å². The zero-order valence-electron chi connectivity index (χ0n) is 15.5. The first kappa shape index (κ1) is 18.0. The van der Waals surface area contributed by atoms with Crippen LogP contribution in [0.3, 0.4) is 0 Å². The minimum Gasteiger partial charge on any atom is -0.345 e. The number of hydrogen-bond acceptors (Lipinski definition) is 7. The summed E-state index contributed by atoms with van der Waals surface area (Å²) in [6, 6.07) is 11.7. The highest BCUT2D eigenvalue weighted by Crippen LogP contribution is 2.29. The zero-order chi connectivity index (χ0) is 19.6. The first-order valence-corrected chi connectivity index (χ1v) is 11.1. The predicted octanol–water partition coefficient (Wildman–Crippen LogP) is 3.41. The number of thiophene rings is 1. The Hall–Kier alpha value is -3.04. The van der Waals surface area contributed by atoms with Gasteiger partial charge >= 0.3 is 0 Å². The summed E-state index contributed by atoms with van der Waals surface area (Å²) in [6.45, 7) is 2.80. The van der Waals surface area contributed by atoms with Crippen molar-refractivity contribution in [1.82, 2.24) is 24.9 Å². The average molecular weight is 423 g/mol. The molecular weight excluding hydrogens is 404 g/mol. The largest absolute Gasteiger partial charge is 0.345 e. The van der Waals surface area contributed by atoms with Crippen LogP contribution in [-0.4, -0.2) is 57.0 Å². The van der Waals surface area contributed by atoms with Gasteiger partial charge in [-0.15, -0.1) is 16.4 Å². The molecule has 146 valence electrons. The number of aromatic nitrogens is 4. The Balaban J connectivity index is 1.23. The average Bonchev–Trinajstić information content (AvgIpc) is 3.55. The second-order valence-corrected chi connectivity index (χ2v) is 8.28. The number of amides is 1. The van der Waals surface area contributed by atoms with Gasteiger partial charge in [-0.3, -0.25) is 4.79 Å². The number of rotatable bonds is 4. The molecule has 1 aromatic carbocycles. The van der Waals surface area contributed by atoms with Gasteiger partial charge in [0.25, 0.3) is 5.91 Å². The van der Waals surface area contributed by atoms with E-state index in [1.54, 1.807) is 22.7 Å². The molecule has 0 unspecified atom stereocenters. The summed E-state index contributed by atoms with van der Waals surface area (Å²) < 4.78 is 0. The molecule has 1 saturated heterocycles. The van der Waals surface area contributed by atoms with E-state index >= 15 is 0 Å². The third-order valence-corrected chi connectivity index (χ3v) is 6.43. The Kier molecular flexibility index (Phi) is 4.82. The molecule has 0 N–H and O–H groups in total. The lowest BCUT2D eigenvalue weighted by atomic mass is 10.3. The van der Waals surface area contributed by atoms with E-state index in [-0.39, 0.29) is 5.91 Å². The van der Waals surface area contributed by atoms with Crippen LogP contribution < -0.4 is 4.90 Å². The van der Waals surface area contributed by atoms with E-state index in [2.05, 4.69) is 37.3 Å². The summed E-state index contributed by atoms with van der Waals surface area (Å²) in [6.07, 6.45) is 1.54. The Morgan fingerprint density at radius 3 is 2.59 bits per heavy atom. The fourth-order valence-corrected chi connectivity index (χ4v) is 4.80. The first-order valence-electron chi connectivity index (χ1n) is 9.28. The monoisotopic (exact) mass is 422 g/mol. The molecular formula is C20H18N6OS2. The minimum absolute atomic E-state index is 0.0788. The molecule has 0 radical (unpaired) electrons. The smallest absolute Gasteiger partial charge is 0.276 e. The van der Waals surface area contributed by atoms with E-state index in [1.165, 1.54) is 11.0 Å². The third-order valence-electron chi connectivity index (χ3n) is 4.84. The number of nitrogens with zero attached hydrogens (tertiary/aromatic N) is 6. The van der Waals surface area contributed by atoms with Gasteiger partial charge in [-0.1, -0.05) is 18.2 Å². The summed E-state index contributed by atoms with van der Waals surface area (Å²) in [4.78, 5) is 23.2. The summed E-state index contributed by atoms with van der Waals surface area (Å²) in [7, 11) is 0. The van der Waals surface area contributed by atoms with Crippen LogP contribution in [0.1, 0.15) is 10.5 Å². The molecule has 4 aromatic rings. The Labute approximate surface area is 175 Å². The third kappa shape index (κ3) is 3.66. The van der Waals surface area contributed by atoms with E-state index < -0.39 is 0 Å². The number of para-hydroxylation sites is 1. The molecule has 3 aromatic heterocycles. The fraction of sp³-hybridized carbons (Fsp3) is 0.200. The van der Waals surface area contributed by atoms with Crippen molar-refractivity contribution in [1.29, 1.82) is 0 Å². The number of benzene rings is 1. The Bertz CT molecular complexity index is 1100. The van der Waals surface area contributed by atoms with Crippen molar-refractivity contribution in [2.45, 2.75) is 0 Å². The van der Waals surface area contributed by atoms with Crippen LogP contribution in [0, 0.1) is 0 Å². The van der Waals surface area contributed by atoms with Crippen molar-refractivity contribution in [2.75, 3.05) is 31.1 Å². The molecule has 1 aliphatic rings. The molecule has 1 aliphatic heterocycles. The topological polar surface area (TPSA) is 67.2 Å². The molecule has 1 amide bonds. The van der Waals surface area contributed by atoms with Crippen LogP contribution >= 0.6 is 22.7 Å². The Morgan fingerprint density at radius 1 is 1.00 bits per heavy atom. The quantitative estimate of drug-likeness (QED) is 0.504. The van der Waals surface area contributed by atoms with E-state index in [1.807, 2.05) is 35.2 Å². The second-order valence-electron chi connectivity index (χ2n) is 6.66. The molecule has 9 heteroatoms. The van der Waals surface area contributed by atoms with Crippen LogP contribution in [0.15, 0.2) is 58.7 Å². The van der Waals surface area contributed by atoms with Crippen LogP contribution in [0.5, 0.6) is 0 Å². The van der Waals surface area contributed by atoms with Crippen LogP contribution in [0.2, 0.25) is 0 Å². The van der Waals surface area contributed by atoms with Crippen molar-refractivity contribution < 1.29 is 4.79 Å². The van der Waals surface area contributed by atoms with Gasteiger partial charge in [0, 0.05) is 42.5 Å². The molecule has 0 spiro atoms. The van der Waals surface area contributed by atoms with Crippen LogP contribution in [0.25, 0.3) is 16.9 Å². The number of thiazole rings is 1. The molecule has 0 saturated carbocycles. The summed E-state index contributed by atoms with van der Waals surface area (Å²) in [5.74, 6) is -0.0788. The summed E-state index contributed by atoms with van der Waals surface area (Å²) in [5.41, 5.74) is 3.38. The van der Waals surface area contributed by atoms with Gasteiger partial charge in [0.2, 0.25) is 0 Å². The highest BCUT2D eigenvalue weighted by molar-refractivity contribution is 7.14. The van der Waals surface area contributed by atoms with Crippen molar-refractivity contribution in [2.24, 2.45) is 0 Å². The van der Waals surface area contributed by atoms with Crippen molar-refractivity contribution in [3.63, 3.8) is 0 Å². The Morgan fingerprint density at radius 2 is 1.83 bits per heavy atom. The maximum atomic E-state index is 12.8. The normalized spacial score (nSPS) is 14.3. The molecule has 0 aliphatic carbocycles. The summed E-state index contributed by atoms with van der Waals surface area (Å²) in [5, 5.41) is 15.9. The molecule has 5 rings (SSSR count). The van der Waals surface area contributed by atoms with E-state index in [0.717, 1.165) is 35.2 Å². The van der Waals surface area contributed by atoms with E-state index in [0.29, 0.717) is 18.8 Å². The lowest BCUT2D eigenvalue weighted by molar-refractivity contribution is 0.0740. The van der Waals surface area contributed by atoms with E-state index in [9.17, 15) is 4.79 Å². The van der Waals surface area contributed by atoms with Gasteiger partial charge in [0.15, 0.2) is 10.8 Å². The van der Waals surface area contributed by atoms with Crippen LogP contribution in [-0.2, 0) is 0 Å². The fourth-order valence-electron chi connectivity index (χ4n) is 3.26. The number of anilines is 1. The zero-order valence-corrected chi connectivity index (χ0v) is 17.1. The van der Waals surface area contributed by atoms with Crippen LogP contribution in [0.4, 0.5) is 5.13 Å². The highest BCUT2D eigenvalue weighted by atomic mass is 32.1. The number of carbonyl (C=O) groups excluding carboxylic acids is 1. The lowest BCUT2D eigenvalue weighted by Gasteiger charge is -2.34. The number of hydrogen-bond donors (Lipinski definition) is 0. The summed E-state index contributed by atoms with van der Waals surface area (Å²) >= 11 is 3.33. The molecule has 4 heterocycles. The van der Waals surface area contributed by atoms with Gasteiger partial charge in [-0.2, -0.15) is 21.2 Å². The SMILES string of the molecule is O=C(c1cnn(-c2ccccc2)n1)N1CCN(c2nc(-c3ccsc3)cs2)CC1. The van der Waals surface area contributed by atoms with Gasteiger partial charge in [0.1, 0.15) is 0 Å². The van der Waals surface area contributed by atoms with Crippen molar-refractivity contribution >= 4 is 33.7 Å². The highest BCUT2D eigenvalue weighted by Gasteiger charge is 2.25. The minimum atomic E-state index is -0.0788. The van der Waals surface area contributed by atoms with Crippen molar-refractivity contribution in [3.8, 4) is 16.9 Å². The maximum absolute atomic E-state index is 12.8. The predicted molar refractivity (Wildman–Crippen MR) is 115 cm³/mol. The van der Waals surface area contributed by atoms with Gasteiger partial charge in [0.05, 0.1) is 17.6 Å². The number of carbonyl (C=O) groups is 1. The molecule has 1 fully saturated rings. The van der Waals surface area contributed by atoms with Crippen molar-refractivity contribution in [3.05, 3.63) is 64.4 Å². The molecule has 29 heavy (non-hydrogen) atoms. The maximum Gasteiger partial charge on any atom is 0.276 e. The van der Waals surface area contributed by atoms with Gasteiger partial charge < -0.3 is 9.80 Å². The second kappa shape index (κ2) is 7.76. The number of piperazine rings is 1. The van der Waals surface area contributed by atoms with E-state index in [4.69, 9.17) is 4.98 Å².